The number of nitrogens with two attached hydrogens (primary N) is 1. The van der Waals surface area contributed by atoms with Gasteiger partial charge in [-0.15, -0.1) is 0 Å². The molecule has 0 atom stereocenters. The van der Waals surface area contributed by atoms with Crippen LogP contribution in [0.5, 0.6) is 5.75 Å². The standard InChI is InChI=1S/C10H8N2O3/c11-9(14)10-12-8(5-15-10)6-1-3-7(13)4-2-6/h1-5,13H,(H2,11,14). The number of aromatic nitrogens is 1. The van der Waals surface area contributed by atoms with Crippen LogP contribution < -0.4 is 5.73 Å². The lowest BCUT2D eigenvalue weighted by molar-refractivity contribution is 0.0967. The zero-order valence-corrected chi connectivity index (χ0v) is 7.68. The van der Waals surface area contributed by atoms with E-state index in [1.165, 1.54) is 18.4 Å². The van der Waals surface area contributed by atoms with Crippen LogP contribution in [0.3, 0.4) is 0 Å². The fraction of sp³-hybridized carbons (Fsp3) is 0. The minimum Gasteiger partial charge on any atom is -0.508 e. The fourth-order valence-corrected chi connectivity index (χ4v) is 1.15. The molecule has 0 aliphatic carbocycles. The van der Waals surface area contributed by atoms with Crippen molar-refractivity contribution in [2.75, 3.05) is 0 Å². The highest BCUT2D eigenvalue weighted by atomic mass is 16.3. The molecule has 0 aliphatic heterocycles. The zero-order chi connectivity index (χ0) is 10.8. The summed E-state index contributed by atoms with van der Waals surface area (Å²) in [5.41, 5.74) is 6.24. The van der Waals surface area contributed by atoms with Crippen LogP contribution in [0.1, 0.15) is 10.7 Å². The molecule has 0 saturated heterocycles. The monoisotopic (exact) mass is 204 g/mol. The number of hydrogen-bond acceptors (Lipinski definition) is 4. The summed E-state index contributed by atoms with van der Waals surface area (Å²) in [6, 6.07) is 6.37. The number of rotatable bonds is 2. The molecule has 1 aromatic carbocycles. The molecule has 1 heterocycles. The van der Waals surface area contributed by atoms with E-state index >= 15 is 0 Å². The number of benzene rings is 1. The highest BCUT2D eigenvalue weighted by Gasteiger charge is 2.10. The van der Waals surface area contributed by atoms with E-state index in [4.69, 9.17) is 15.3 Å². The number of carbonyl (C=O) groups excluding carboxylic acids is 1. The topological polar surface area (TPSA) is 89.4 Å². The van der Waals surface area contributed by atoms with Crippen molar-refractivity contribution in [3.8, 4) is 17.0 Å². The maximum atomic E-state index is 10.7. The molecule has 5 heteroatoms. The summed E-state index contributed by atoms with van der Waals surface area (Å²) in [5, 5.41) is 9.08. The molecule has 2 aromatic rings. The molecule has 0 saturated carbocycles. The second-order valence-corrected chi connectivity index (χ2v) is 2.95. The Morgan fingerprint density at radius 3 is 2.53 bits per heavy atom. The molecule has 15 heavy (non-hydrogen) atoms. The third-order valence-electron chi connectivity index (χ3n) is 1.88. The molecule has 5 nitrogen and oxygen atoms in total. The molecule has 0 unspecified atom stereocenters. The van der Waals surface area contributed by atoms with E-state index in [-0.39, 0.29) is 11.6 Å². The normalized spacial score (nSPS) is 10.1. The van der Waals surface area contributed by atoms with E-state index in [9.17, 15) is 4.79 Å². The van der Waals surface area contributed by atoms with Gasteiger partial charge in [-0.2, -0.15) is 0 Å². The molecule has 2 rings (SSSR count). The largest absolute Gasteiger partial charge is 0.508 e. The average Bonchev–Trinajstić information content (AvgIpc) is 2.68. The van der Waals surface area contributed by atoms with Crippen LogP contribution >= 0.6 is 0 Å². The molecule has 76 valence electrons. The van der Waals surface area contributed by atoms with Crippen LogP contribution in [0.25, 0.3) is 11.3 Å². The highest BCUT2D eigenvalue weighted by molar-refractivity contribution is 5.88. The number of amides is 1. The van der Waals surface area contributed by atoms with Crippen molar-refractivity contribution in [1.29, 1.82) is 0 Å². The first-order valence-corrected chi connectivity index (χ1v) is 4.21. The summed E-state index contributed by atoms with van der Waals surface area (Å²) in [5.74, 6) is -0.671. The Labute approximate surface area is 85.2 Å². The second kappa shape index (κ2) is 3.45. The van der Waals surface area contributed by atoms with Crippen LogP contribution in [0, 0.1) is 0 Å². The Hall–Kier alpha value is -2.30. The van der Waals surface area contributed by atoms with Crippen LogP contribution in [-0.2, 0) is 0 Å². The summed E-state index contributed by atoms with van der Waals surface area (Å²) < 4.78 is 4.86. The summed E-state index contributed by atoms with van der Waals surface area (Å²) >= 11 is 0. The summed E-state index contributed by atoms with van der Waals surface area (Å²) in [7, 11) is 0. The van der Waals surface area contributed by atoms with Crippen molar-refractivity contribution in [2.24, 2.45) is 5.73 Å². The molecular weight excluding hydrogens is 196 g/mol. The van der Waals surface area contributed by atoms with E-state index in [0.717, 1.165) is 5.56 Å². The van der Waals surface area contributed by atoms with Gasteiger partial charge < -0.3 is 15.3 Å². The number of primary amides is 1. The first-order valence-electron chi connectivity index (χ1n) is 4.21. The van der Waals surface area contributed by atoms with Gasteiger partial charge in [0.25, 0.3) is 5.89 Å². The lowest BCUT2D eigenvalue weighted by atomic mass is 10.2. The number of phenols is 1. The smallest absolute Gasteiger partial charge is 0.304 e. The van der Waals surface area contributed by atoms with E-state index in [0.29, 0.717) is 5.69 Å². The minimum atomic E-state index is -0.708. The number of hydrogen-bond donors (Lipinski definition) is 2. The molecular formula is C10H8N2O3. The summed E-state index contributed by atoms with van der Waals surface area (Å²) in [6.07, 6.45) is 1.34. The molecule has 0 spiro atoms. The fourth-order valence-electron chi connectivity index (χ4n) is 1.15. The Morgan fingerprint density at radius 1 is 1.33 bits per heavy atom. The van der Waals surface area contributed by atoms with E-state index < -0.39 is 5.91 Å². The van der Waals surface area contributed by atoms with Gasteiger partial charge in [-0.1, -0.05) is 0 Å². The summed E-state index contributed by atoms with van der Waals surface area (Å²) in [4.78, 5) is 14.6. The Bertz CT molecular complexity index is 488. The number of aromatic hydroxyl groups is 1. The Kier molecular flexibility index (Phi) is 2.13. The van der Waals surface area contributed by atoms with Crippen molar-refractivity contribution in [2.45, 2.75) is 0 Å². The lowest BCUT2D eigenvalue weighted by Crippen LogP contribution is -2.10. The van der Waals surface area contributed by atoms with Gasteiger partial charge in [-0.05, 0) is 24.3 Å². The van der Waals surface area contributed by atoms with E-state index in [1.54, 1.807) is 12.1 Å². The molecule has 0 radical (unpaired) electrons. The molecule has 3 N–H and O–H groups in total. The maximum Gasteiger partial charge on any atom is 0.304 e. The van der Waals surface area contributed by atoms with Crippen molar-refractivity contribution < 1.29 is 14.3 Å². The third-order valence-corrected chi connectivity index (χ3v) is 1.88. The predicted octanol–water partition coefficient (Wildman–Crippen LogP) is 1.15. The van der Waals surface area contributed by atoms with E-state index in [2.05, 4.69) is 4.98 Å². The van der Waals surface area contributed by atoms with E-state index in [1.807, 2.05) is 0 Å². The lowest BCUT2D eigenvalue weighted by Gasteiger charge is -1.94. The molecule has 0 fully saturated rings. The average molecular weight is 204 g/mol. The first-order chi connectivity index (χ1) is 7.16. The highest BCUT2D eigenvalue weighted by Crippen LogP contribution is 2.20. The maximum absolute atomic E-state index is 10.7. The SMILES string of the molecule is NC(=O)c1nc(-c2ccc(O)cc2)co1. The molecule has 1 aromatic heterocycles. The molecule has 1 amide bonds. The van der Waals surface area contributed by atoms with Gasteiger partial charge in [-0.3, -0.25) is 4.79 Å². The number of carbonyl (C=O) groups is 1. The van der Waals surface area contributed by atoms with Crippen molar-refractivity contribution in [3.05, 3.63) is 36.4 Å². The number of phenolic OH excluding ortho intramolecular Hbond substituents is 1. The van der Waals surface area contributed by atoms with Gasteiger partial charge in [0.2, 0.25) is 0 Å². The van der Waals surface area contributed by atoms with Gasteiger partial charge in [0.15, 0.2) is 0 Å². The van der Waals surface area contributed by atoms with Gasteiger partial charge in [0.1, 0.15) is 17.7 Å². The first kappa shape index (κ1) is 9.26. The quantitative estimate of drug-likeness (QED) is 0.767. The minimum absolute atomic E-state index is 0.127. The van der Waals surface area contributed by atoms with Crippen molar-refractivity contribution >= 4 is 5.91 Å². The van der Waals surface area contributed by atoms with Crippen LogP contribution in [-0.4, -0.2) is 16.0 Å². The van der Waals surface area contributed by atoms with Gasteiger partial charge in [-0.25, -0.2) is 4.98 Å². The Morgan fingerprint density at radius 2 is 2.00 bits per heavy atom. The van der Waals surface area contributed by atoms with Gasteiger partial charge in [0.05, 0.1) is 0 Å². The zero-order valence-electron chi connectivity index (χ0n) is 7.68. The van der Waals surface area contributed by atoms with Crippen molar-refractivity contribution in [1.82, 2.24) is 4.98 Å². The molecule has 0 aliphatic rings. The second-order valence-electron chi connectivity index (χ2n) is 2.95. The summed E-state index contributed by atoms with van der Waals surface area (Å²) in [6.45, 7) is 0. The van der Waals surface area contributed by atoms with Crippen LogP contribution in [0.4, 0.5) is 0 Å². The van der Waals surface area contributed by atoms with Gasteiger partial charge in [0, 0.05) is 5.56 Å². The number of nitrogens with zero attached hydrogens (tertiary/aromatic N) is 1. The predicted molar refractivity (Wildman–Crippen MR) is 52.1 cm³/mol. The van der Waals surface area contributed by atoms with Crippen molar-refractivity contribution in [3.63, 3.8) is 0 Å². The third kappa shape index (κ3) is 1.80. The van der Waals surface area contributed by atoms with Crippen LogP contribution in [0.2, 0.25) is 0 Å². The number of oxazole rings is 1. The van der Waals surface area contributed by atoms with Crippen LogP contribution in [0.15, 0.2) is 34.9 Å². The molecule has 0 bridgehead atoms. The Balaban J connectivity index is 2.37. The van der Waals surface area contributed by atoms with Gasteiger partial charge >= 0.3 is 5.91 Å².